The summed E-state index contributed by atoms with van der Waals surface area (Å²) in [5, 5.41) is 0.489. The van der Waals surface area contributed by atoms with Gasteiger partial charge in [0.05, 0.1) is 22.6 Å². The van der Waals surface area contributed by atoms with Gasteiger partial charge in [0, 0.05) is 0 Å². The van der Waals surface area contributed by atoms with Gasteiger partial charge in [-0.15, -0.1) is 0 Å². The average Bonchev–Trinajstić information content (AvgIpc) is 2.94. The molecule has 0 saturated carbocycles. The van der Waals surface area contributed by atoms with E-state index in [1.54, 1.807) is 11.8 Å². The number of aliphatic imine (C=N–C) groups is 1. The molecular formula is C20H22N2O3S. The molecule has 2 aliphatic rings. The first-order valence-electron chi connectivity index (χ1n) is 8.61. The van der Waals surface area contributed by atoms with Crippen LogP contribution in [0.15, 0.2) is 53.2 Å². The second kappa shape index (κ2) is 7.50. The van der Waals surface area contributed by atoms with E-state index >= 15 is 0 Å². The molecule has 0 spiro atoms. The van der Waals surface area contributed by atoms with Crippen molar-refractivity contribution in [1.82, 2.24) is 4.90 Å². The highest BCUT2D eigenvalue weighted by molar-refractivity contribution is 8.15. The van der Waals surface area contributed by atoms with E-state index in [4.69, 9.17) is 4.74 Å². The van der Waals surface area contributed by atoms with Crippen LogP contribution in [-0.2, 0) is 14.3 Å². The van der Waals surface area contributed by atoms with Crippen molar-refractivity contribution in [2.24, 2.45) is 4.99 Å². The number of rotatable bonds is 5. The van der Waals surface area contributed by atoms with Gasteiger partial charge in [0.2, 0.25) is 5.91 Å². The van der Waals surface area contributed by atoms with Crippen molar-refractivity contribution in [3.63, 3.8) is 0 Å². The van der Waals surface area contributed by atoms with E-state index in [1.165, 1.54) is 17.8 Å². The maximum Gasteiger partial charge on any atom is 0.338 e. The van der Waals surface area contributed by atoms with Crippen LogP contribution in [-0.4, -0.2) is 33.8 Å². The monoisotopic (exact) mass is 370 g/mol. The first-order valence-corrected chi connectivity index (χ1v) is 9.49. The molecule has 1 saturated heterocycles. The minimum absolute atomic E-state index is 0.0108. The summed E-state index contributed by atoms with van der Waals surface area (Å²) >= 11 is 1.46. The fourth-order valence-corrected chi connectivity index (χ4v) is 4.26. The largest absolute Gasteiger partial charge is 0.458 e. The fourth-order valence-electron chi connectivity index (χ4n) is 3.13. The number of nitrogens with zero attached hydrogens (tertiary/aromatic N) is 2. The van der Waals surface area contributed by atoms with Crippen molar-refractivity contribution in [2.45, 2.75) is 38.5 Å². The van der Waals surface area contributed by atoms with Gasteiger partial charge in [-0.2, -0.15) is 0 Å². The summed E-state index contributed by atoms with van der Waals surface area (Å²) in [6.45, 7) is 9.47. The van der Waals surface area contributed by atoms with E-state index in [-0.39, 0.29) is 17.8 Å². The lowest BCUT2D eigenvalue weighted by Gasteiger charge is -2.33. The molecule has 5 nitrogen and oxygen atoms in total. The van der Waals surface area contributed by atoms with Crippen LogP contribution in [0.25, 0.3) is 0 Å². The van der Waals surface area contributed by atoms with E-state index < -0.39 is 12.0 Å². The molecule has 0 aliphatic carbocycles. The highest BCUT2D eigenvalue weighted by Crippen LogP contribution is 2.44. The van der Waals surface area contributed by atoms with Crippen molar-refractivity contribution in [1.29, 1.82) is 0 Å². The van der Waals surface area contributed by atoms with Crippen molar-refractivity contribution >= 4 is 28.8 Å². The summed E-state index contributed by atoms with van der Waals surface area (Å²) in [4.78, 5) is 31.9. The van der Waals surface area contributed by atoms with E-state index in [9.17, 15) is 9.59 Å². The van der Waals surface area contributed by atoms with E-state index in [0.717, 1.165) is 17.5 Å². The Morgan fingerprint density at radius 3 is 2.65 bits per heavy atom. The number of amidine groups is 1. The summed E-state index contributed by atoms with van der Waals surface area (Å²) in [5.74, 6) is -0.475. The Balaban J connectivity index is 2.10. The zero-order valence-electron chi connectivity index (χ0n) is 15.2. The highest BCUT2D eigenvalue weighted by Gasteiger charge is 2.47. The molecule has 0 radical (unpaired) electrons. The molecule has 0 N–H and O–H groups in total. The van der Waals surface area contributed by atoms with Crippen LogP contribution in [0.3, 0.4) is 0 Å². The molecule has 6 heteroatoms. The molecule has 2 aliphatic heterocycles. The molecule has 1 aromatic rings. The van der Waals surface area contributed by atoms with Gasteiger partial charge in [-0.3, -0.25) is 9.69 Å². The maximum absolute atomic E-state index is 12.9. The van der Waals surface area contributed by atoms with Crippen LogP contribution < -0.4 is 0 Å². The van der Waals surface area contributed by atoms with Gasteiger partial charge in [0.25, 0.3) is 0 Å². The lowest BCUT2D eigenvalue weighted by atomic mass is 9.93. The number of thioether (sulfide) groups is 1. The first-order chi connectivity index (χ1) is 12.5. The minimum atomic E-state index is -0.517. The van der Waals surface area contributed by atoms with Gasteiger partial charge in [-0.1, -0.05) is 61.2 Å². The summed E-state index contributed by atoms with van der Waals surface area (Å²) in [6.07, 6.45) is 2.24. The van der Waals surface area contributed by atoms with Gasteiger partial charge < -0.3 is 4.74 Å². The molecule has 2 atom stereocenters. The quantitative estimate of drug-likeness (QED) is 0.585. The van der Waals surface area contributed by atoms with Crippen LogP contribution in [0.5, 0.6) is 0 Å². The van der Waals surface area contributed by atoms with Crippen LogP contribution >= 0.6 is 11.8 Å². The van der Waals surface area contributed by atoms with E-state index in [2.05, 4.69) is 11.6 Å². The molecule has 0 bridgehead atoms. The van der Waals surface area contributed by atoms with Gasteiger partial charge >= 0.3 is 5.97 Å². The second-order valence-corrected chi connectivity index (χ2v) is 7.49. The second-order valence-electron chi connectivity index (χ2n) is 6.32. The molecule has 1 amide bonds. The minimum Gasteiger partial charge on any atom is -0.458 e. The Bertz CT molecular complexity index is 811. The highest BCUT2D eigenvalue weighted by atomic mass is 32.2. The number of aryl methyl sites for hydroxylation is 1. The first kappa shape index (κ1) is 18.5. The van der Waals surface area contributed by atoms with Crippen LogP contribution in [0.2, 0.25) is 0 Å². The fraction of sp³-hybridized carbons (Fsp3) is 0.350. The lowest BCUT2D eigenvalue weighted by molar-refractivity contribution is -0.139. The topological polar surface area (TPSA) is 59.0 Å². The smallest absolute Gasteiger partial charge is 0.338 e. The van der Waals surface area contributed by atoms with Crippen LogP contribution in [0, 0.1) is 6.92 Å². The molecule has 0 aromatic heterocycles. The Morgan fingerprint density at radius 2 is 2.04 bits per heavy atom. The van der Waals surface area contributed by atoms with Crippen LogP contribution in [0.4, 0.5) is 0 Å². The summed E-state index contributed by atoms with van der Waals surface area (Å²) in [7, 11) is 0. The maximum atomic E-state index is 12.9. The Kier molecular flexibility index (Phi) is 5.32. The third-order valence-corrected chi connectivity index (χ3v) is 5.79. The van der Waals surface area contributed by atoms with Crippen LogP contribution in [0.1, 0.15) is 37.4 Å². The molecular weight excluding hydrogens is 348 g/mol. The van der Waals surface area contributed by atoms with E-state index in [1.807, 2.05) is 38.1 Å². The average molecular weight is 370 g/mol. The standard InChI is InChI=1S/C20H22N2O3S/c1-5-11-25-19(24)16-13(4)21-20-22(18(23)15(6-2)26-20)17(16)14-9-7-12(3)8-10-14/h5,7-10,15,17H,1,6,11H2,2-4H3/t15-,17-/m1/s1. The zero-order valence-corrected chi connectivity index (χ0v) is 16.0. The number of hydrogen-bond acceptors (Lipinski definition) is 5. The van der Waals surface area contributed by atoms with Gasteiger partial charge in [-0.05, 0) is 25.8 Å². The summed E-state index contributed by atoms with van der Waals surface area (Å²) < 4.78 is 5.28. The summed E-state index contributed by atoms with van der Waals surface area (Å²) in [6, 6.07) is 7.35. The van der Waals surface area contributed by atoms with Gasteiger partial charge in [0.15, 0.2) is 5.17 Å². The number of allylic oxidation sites excluding steroid dienone is 1. The number of esters is 1. The number of carbonyl (C=O) groups is 2. The van der Waals surface area contributed by atoms with Crippen molar-refractivity contribution in [3.8, 4) is 0 Å². The van der Waals surface area contributed by atoms with E-state index in [0.29, 0.717) is 16.4 Å². The molecule has 0 unspecified atom stereocenters. The number of amides is 1. The van der Waals surface area contributed by atoms with Crippen molar-refractivity contribution < 1.29 is 14.3 Å². The lowest BCUT2D eigenvalue weighted by Crippen LogP contribution is -2.40. The summed E-state index contributed by atoms with van der Waals surface area (Å²) in [5.41, 5.74) is 2.99. The van der Waals surface area contributed by atoms with Gasteiger partial charge in [0.1, 0.15) is 6.61 Å². The van der Waals surface area contributed by atoms with Crippen molar-refractivity contribution in [3.05, 3.63) is 59.3 Å². The number of hydrogen-bond donors (Lipinski definition) is 0. The van der Waals surface area contributed by atoms with Crippen molar-refractivity contribution in [2.75, 3.05) is 6.61 Å². The number of ether oxygens (including phenoxy) is 1. The molecule has 3 rings (SSSR count). The number of benzene rings is 1. The normalized spacial score (nSPS) is 22.2. The molecule has 26 heavy (non-hydrogen) atoms. The molecule has 1 fully saturated rings. The van der Waals surface area contributed by atoms with Gasteiger partial charge in [-0.25, -0.2) is 9.79 Å². The predicted molar refractivity (Wildman–Crippen MR) is 104 cm³/mol. The predicted octanol–water partition coefficient (Wildman–Crippen LogP) is 3.76. The molecule has 136 valence electrons. The number of carbonyl (C=O) groups excluding carboxylic acids is 2. The third-order valence-electron chi connectivity index (χ3n) is 4.47. The third kappa shape index (κ3) is 3.21. The Morgan fingerprint density at radius 1 is 1.35 bits per heavy atom. The Labute approximate surface area is 157 Å². The molecule has 1 aromatic carbocycles. The molecule has 2 heterocycles. The zero-order chi connectivity index (χ0) is 18.8. The number of fused-ring (bicyclic) bond motifs is 1. The Hall–Kier alpha value is -2.34. The SMILES string of the molecule is C=CCOC(=O)C1=C(C)N=C2S[C@H](CC)C(=O)N2[C@@H]1c1ccc(C)cc1.